The summed E-state index contributed by atoms with van der Waals surface area (Å²) in [4.78, 5) is 13.9. The summed E-state index contributed by atoms with van der Waals surface area (Å²) in [5.41, 5.74) is 2.53. The lowest BCUT2D eigenvalue weighted by Crippen LogP contribution is -2.42. The van der Waals surface area contributed by atoms with E-state index in [1.54, 1.807) is 16.7 Å². The molecule has 0 unspecified atom stereocenters. The van der Waals surface area contributed by atoms with Gasteiger partial charge in [0.1, 0.15) is 0 Å². The van der Waals surface area contributed by atoms with Crippen molar-refractivity contribution in [2.45, 2.75) is 32.4 Å². The maximum atomic E-state index is 12.2. The number of carbonyl (C=O) groups excluding carboxylic acids is 1. The van der Waals surface area contributed by atoms with Crippen molar-refractivity contribution in [3.63, 3.8) is 0 Å². The molecule has 2 atom stereocenters. The first-order valence-electron chi connectivity index (χ1n) is 5.25. The van der Waals surface area contributed by atoms with Crippen LogP contribution in [0.4, 0.5) is 0 Å². The first-order chi connectivity index (χ1) is 6.84. The quantitative estimate of drug-likeness (QED) is 0.676. The topological polar surface area (TPSA) is 20.3 Å². The summed E-state index contributed by atoms with van der Waals surface area (Å²) in [6.45, 7) is 6.40. The van der Waals surface area contributed by atoms with Crippen LogP contribution in [0.25, 0.3) is 0 Å². The molecule has 1 rings (SSSR count). The van der Waals surface area contributed by atoms with Gasteiger partial charge in [-0.15, -0.1) is 0 Å². The number of amides is 1. The van der Waals surface area contributed by atoms with Crippen molar-refractivity contribution in [2.24, 2.45) is 5.41 Å². The van der Waals surface area contributed by atoms with E-state index in [1.807, 2.05) is 14.1 Å². The lowest BCUT2D eigenvalue weighted by Gasteiger charge is -2.33. The van der Waals surface area contributed by atoms with E-state index in [4.69, 9.17) is 0 Å². The van der Waals surface area contributed by atoms with E-state index >= 15 is 0 Å². The van der Waals surface area contributed by atoms with Crippen molar-refractivity contribution in [1.29, 1.82) is 0 Å². The highest BCUT2D eigenvalue weighted by Crippen LogP contribution is 2.48. The Kier molecular flexibility index (Phi) is 3.54. The molecule has 0 aromatic heterocycles. The maximum Gasteiger partial charge on any atom is 0.229 e. The lowest BCUT2D eigenvalue weighted by atomic mass is 9.84. The van der Waals surface area contributed by atoms with Crippen LogP contribution < -0.4 is 0 Å². The number of nitrogens with zero attached hydrogens (tertiary/aromatic N) is 1. The van der Waals surface area contributed by atoms with Crippen molar-refractivity contribution < 1.29 is 4.79 Å². The van der Waals surface area contributed by atoms with Crippen LogP contribution in [0, 0.1) is 5.41 Å². The Morgan fingerprint density at radius 1 is 1.47 bits per heavy atom. The Bertz CT molecular complexity index is 309. The summed E-state index contributed by atoms with van der Waals surface area (Å²) in [5, 5.41) is 0.340. The Morgan fingerprint density at radius 2 is 2.00 bits per heavy atom. The van der Waals surface area contributed by atoms with E-state index in [9.17, 15) is 4.79 Å². The zero-order chi connectivity index (χ0) is 11.8. The fourth-order valence-electron chi connectivity index (χ4n) is 2.62. The van der Waals surface area contributed by atoms with Gasteiger partial charge in [-0.2, -0.15) is 11.8 Å². The number of carbonyl (C=O) groups is 1. The normalized spacial score (nSPS) is 30.9. The molecular formula is C12H21NOS. The molecule has 1 aliphatic carbocycles. The predicted octanol–water partition coefficient (Wildman–Crippen LogP) is 2.55. The van der Waals surface area contributed by atoms with Crippen LogP contribution >= 0.6 is 11.8 Å². The molecule has 0 N–H and O–H groups in total. The molecule has 0 saturated heterocycles. The Morgan fingerprint density at radius 3 is 2.40 bits per heavy atom. The second kappa shape index (κ2) is 4.20. The van der Waals surface area contributed by atoms with Gasteiger partial charge >= 0.3 is 0 Å². The van der Waals surface area contributed by atoms with E-state index in [1.165, 1.54) is 11.1 Å². The van der Waals surface area contributed by atoms with E-state index in [0.29, 0.717) is 5.25 Å². The smallest absolute Gasteiger partial charge is 0.229 e. The molecule has 0 radical (unpaired) electrons. The summed E-state index contributed by atoms with van der Waals surface area (Å²) in [6.07, 6.45) is 3.00. The molecule has 0 aromatic rings. The highest BCUT2D eigenvalue weighted by molar-refractivity contribution is 7.99. The Hall–Kier alpha value is -0.440. The van der Waals surface area contributed by atoms with Gasteiger partial charge in [-0.3, -0.25) is 4.79 Å². The van der Waals surface area contributed by atoms with Gasteiger partial charge in [0, 0.05) is 19.3 Å². The number of rotatable bonds is 2. The monoisotopic (exact) mass is 227 g/mol. The summed E-state index contributed by atoms with van der Waals surface area (Å²) < 4.78 is 0. The van der Waals surface area contributed by atoms with Crippen LogP contribution in [0.2, 0.25) is 0 Å². The molecule has 0 spiro atoms. The van der Waals surface area contributed by atoms with Crippen molar-refractivity contribution in [3.05, 3.63) is 11.1 Å². The van der Waals surface area contributed by atoms with Gasteiger partial charge in [0.05, 0.1) is 5.41 Å². The summed E-state index contributed by atoms with van der Waals surface area (Å²) in [5.74, 6) is 0.248. The molecule has 86 valence electrons. The largest absolute Gasteiger partial charge is 0.348 e. The fraction of sp³-hybridized carbons (Fsp3) is 0.750. The van der Waals surface area contributed by atoms with Crippen LogP contribution in [0.3, 0.4) is 0 Å². The van der Waals surface area contributed by atoms with Crippen molar-refractivity contribution in [1.82, 2.24) is 4.90 Å². The third-order valence-corrected chi connectivity index (χ3v) is 4.75. The summed E-state index contributed by atoms with van der Waals surface area (Å²) in [6, 6.07) is 0. The summed E-state index contributed by atoms with van der Waals surface area (Å²) in [7, 11) is 3.68. The molecule has 2 nitrogen and oxygen atoms in total. The fourth-order valence-corrected chi connectivity index (χ4v) is 3.88. The zero-order valence-corrected chi connectivity index (χ0v) is 11.4. The van der Waals surface area contributed by atoms with Crippen LogP contribution in [-0.4, -0.2) is 36.4 Å². The third-order valence-electron chi connectivity index (χ3n) is 3.41. The molecule has 15 heavy (non-hydrogen) atoms. The van der Waals surface area contributed by atoms with Gasteiger partial charge in [-0.05, 0) is 33.4 Å². The van der Waals surface area contributed by atoms with Gasteiger partial charge < -0.3 is 4.90 Å². The van der Waals surface area contributed by atoms with Gasteiger partial charge in [0.15, 0.2) is 0 Å². The first-order valence-corrected chi connectivity index (χ1v) is 6.54. The minimum atomic E-state index is -0.239. The second-order valence-corrected chi connectivity index (χ2v) is 5.82. The van der Waals surface area contributed by atoms with Gasteiger partial charge in [-0.1, -0.05) is 11.1 Å². The van der Waals surface area contributed by atoms with Gasteiger partial charge in [0.25, 0.3) is 0 Å². The minimum absolute atomic E-state index is 0.239. The van der Waals surface area contributed by atoms with Crippen molar-refractivity contribution >= 4 is 17.7 Å². The lowest BCUT2D eigenvalue weighted by molar-refractivity contribution is -0.137. The van der Waals surface area contributed by atoms with Gasteiger partial charge in [-0.25, -0.2) is 0 Å². The third kappa shape index (κ3) is 1.94. The van der Waals surface area contributed by atoms with E-state index in [-0.39, 0.29) is 11.3 Å². The molecule has 0 bridgehead atoms. The van der Waals surface area contributed by atoms with Crippen molar-refractivity contribution in [2.75, 3.05) is 20.4 Å². The number of hydrogen-bond acceptors (Lipinski definition) is 2. The average Bonchev–Trinajstić information content (AvgIpc) is 2.37. The van der Waals surface area contributed by atoms with Crippen LogP contribution in [0.5, 0.6) is 0 Å². The van der Waals surface area contributed by atoms with E-state index in [0.717, 1.165) is 6.42 Å². The highest BCUT2D eigenvalue weighted by Gasteiger charge is 2.47. The average molecular weight is 227 g/mol. The van der Waals surface area contributed by atoms with Gasteiger partial charge in [0.2, 0.25) is 5.91 Å². The Labute approximate surface area is 97.1 Å². The molecule has 0 heterocycles. The number of thioether (sulfide) groups is 1. The Balaban J connectivity index is 3.03. The van der Waals surface area contributed by atoms with Crippen LogP contribution in [-0.2, 0) is 4.79 Å². The van der Waals surface area contributed by atoms with Crippen LogP contribution in [0.15, 0.2) is 11.1 Å². The molecular weight excluding hydrogens is 206 g/mol. The van der Waals surface area contributed by atoms with E-state index in [2.05, 4.69) is 27.0 Å². The summed E-state index contributed by atoms with van der Waals surface area (Å²) >= 11 is 1.79. The molecule has 0 aromatic carbocycles. The molecule has 0 aliphatic heterocycles. The number of hydrogen-bond donors (Lipinski definition) is 0. The molecule has 0 saturated carbocycles. The SMILES string of the molecule is CS[C@H]1C(C)=C(C)C[C@]1(C)C(=O)N(C)C. The predicted molar refractivity (Wildman–Crippen MR) is 67.1 cm³/mol. The standard InChI is InChI=1S/C12H21NOS/c1-8-7-12(3,11(14)13(4)5)10(15-6)9(8)2/h10H,7H2,1-6H3/t10-,12-/m0/s1. The molecule has 1 amide bonds. The van der Waals surface area contributed by atoms with Crippen LogP contribution in [0.1, 0.15) is 27.2 Å². The highest BCUT2D eigenvalue weighted by atomic mass is 32.2. The first kappa shape index (κ1) is 12.6. The number of allylic oxidation sites excluding steroid dienone is 1. The zero-order valence-electron chi connectivity index (χ0n) is 10.5. The molecule has 0 fully saturated rings. The molecule has 1 aliphatic rings. The van der Waals surface area contributed by atoms with E-state index < -0.39 is 0 Å². The molecule has 3 heteroatoms. The minimum Gasteiger partial charge on any atom is -0.348 e. The maximum absolute atomic E-state index is 12.2. The second-order valence-electron chi connectivity index (χ2n) is 4.87. The van der Waals surface area contributed by atoms with Crippen molar-refractivity contribution in [3.8, 4) is 0 Å².